The average Bonchev–Trinajstić information content (AvgIpc) is 2.64. The summed E-state index contributed by atoms with van der Waals surface area (Å²) in [7, 11) is 0. The van der Waals surface area contributed by atoms with E-state index in [1.165, 1.54) is 0 Å². The maximum absolute atomic E-state index is 12.5. The van der Waals surface area contributed by atoms with Crippen molar-refractivity contribution in [2.45, 2.75) is 6.18 Å². The highest BCUT2D eigenvalue weighted by molar-refractivity contribution is 6.02. The number of halogens is 3. The number of carboxylic acids is 2. The molecule has 2 aromatic heterocycles. The zero-order valence-electron chi connectivity index (χ0n) is 9.21. The third-order valence-electron chi connectivity index (χ3n) is 2.31. The summed E-state index contributed by atoms with van der Waals surface area (Å²) in [4.78, 5) is 27.8. The Hall–Kier alpha value is -2.85. The van der Waals surface area contributed by atoms with E-state index in [4.69, 9.17) is 10.2 Å². The monoisotopic (exact) mass is 291 g/mol. The number of carboxylic acid groups (broad SMARTS) is 2. The number of carbonyl (C=O) groups is 2. The fourth-order valence-electron chi connectivity index (χ4n) is 1.50. The SMILES string of the molecule is O=C(O)c1cc2c(nc1C(=O)O)nc(C(F)(F)F)n2O. The van der Waals surface area contributed by atoms with E-state index in [0.717, 1.165) is 0 Å². The molecule has 0 bridgehead atoms. The van der Waals surface area contributed by atoms with E-state index in [1.54, 1.807) is 0 Å². The molecular formula is C9H4F3N3O5. The van der Waals surface area contributed by atoms with E-state index in [9.17, 15) is 28.0 Å². The molecule has 0 radical (unpaired) electrons. The minimum absolute atomic E-state index is 0.388. The highest BCUT2D eigenvalue weighted by Crippen LogP contribution is 2.30. The largest absolute Gasteiger partial charge is 0.478 e. The fourth-order valence-corrected chi connectivity index (χ4v) is 1.50. The van der Waals surface area contributed by atoms with Gasteiger partial charge >= 0.3 is 18.1 Å². The Kier molecular flexibility index (Phi) is 2.77. The molecule has 0 aliphatic carbocycles. The Bertz CT molecular complexity index is 736. The summed E-state index contributed by atoms with van der Waals surface area (Å²) in [5, 5.41) is 26.9. The third-order valence-corrected chi connectivity index (χ3v) is 2.31. The van der Waals surface area contributed by atoms with E-state index in [2.05, 4.69) is 9.97 Å². The van der Waals surface area contributed by atoms with Crippen LogP contribution in [0.4, 0.5) is 13.2 Å². The Labute approximate surface area is 106 Å². The number of aromatic nitrogens is 3. The van der Waals surface area contributed by atoms with E-state index >= 15 is 0 Å². The molecule has 106 valence electrons. The maximum Gasteiger partial charge on any atom is 0.453 e. The summed E-state index contributed by atoms with van der Waals surface area (Å²) >= 11 is 0. The lowest BCUT2D eigenvalue weighted by molar-refractivity contribution is -0.153. The van der Waals surface area contributed by atoms with Crippen molar-refractivity contribution in [2.75, 3.05) is 0 Å². The van der Waals surface area contributed by atoms with Crippen LogP contribution in [0.15, 0.2) is 6.07 Å². The molecule has 0 aromatic carbocycles. The van der Waals surface area contributed by atoms with Crippen molar-refractivity contribution in [1.29, 1.82) is 0 Å². The lowest BCUT2D eigenvalue weighted by atomic mass is 10.2. The first-order valence-electron chi connectivity index (χ1n) is 4.79. The average molecular weight is 291 g/mol. The van der Waals surface area contributed by atoms with Gasteiger partial charge in [-0.1, -0.05) is 0 Å². The van der Waals surface area contributed by atoms with Crippen molar-refractivity contribution >= 4 is 23.1 Å². The van der Waals surface area contributed by atoms with Gasteiger partial charge in [-0.15, -0.1) is 0 Å². The molecule has 0 spiro atoms. The van der Waals surface area contributed by atoms with Gasteiger partial charge in [0.1, 0.15) is 5.52 Å². The molecule has 0 saturated carbocycles. The molecule has 3 N–H and O–H groups in total. The van der Waals surface area contributed by atoms with Gasteiger partial charge < -0.3 is 15.4 Å². The number of fused-ring (bicyclic) bond motifs is 1. The minimum atomic E-state index is -5.01. The van der Waals surface area contributed by atoms with Crippen molar-refractivity contribution in [1.82, 2.24) is 14.7 Å². The zero-order valence-corrected chi connectivity index (χ0v) is 9.21. The first-order valence-corrected chi connectivity index (χ1v) is 4.79. The van der Waals surface area contributed by atoms with Crippen molar-refractivity contribution < 1.29 is 38.2 Å². The number of hydrogen-bond acceptors (Lipinski definition) is 5. The molecule has 20 heavy (non-hydrogen) atoms. The highest BCUT2D eigenvalue weighted by atomic mass is 19.4. The van der Waals surface area contributed by atoms with Gasteiger partial charge in [0, 0.05) is 0 Å². The van der Waals surface area contributed by atoms with Gasteiger partial charge in [0.05, 0.1) is 5.56 Å². The second kappa shape index (κ2) is 4.08. The molecule has 2 heterocycles. The molecule has 11 heteroatoms. The van der Waals surface area contributed by atoms with Gasteiger partial charge in [0.15, 0.2) is 11.3 Å². The summed E-state index contributed by atoms with van der Waals surface area (Å²) in [6.07, 6.45) is -5.01. The molecule has 0 fully saturated rings. The Balaban J connectivity index is 2.84. The van der Waals surface area contributed by atoms with Crippen LogP contribution in [0, 0.1) is 0 Å². The van der Waals surface area contributed by atoms with E-state index in [-0.39, 0.29) is 4.73 Å². The topological polar surface area (TPSA) is 126 Å². The molecule has 2 rings (SSSR count). The lowest BCUT2D eigenvalue weighted by Gasteiger charge is -2.04. The van der Waals surface area contributed by atoms with Crippen molar-refractivity contribution in [3.05, 3.63) is 23.1 Å². The van der Waals surface area contributed by atoms with Crippen LogP contribution in [0.25, 0.3) is 11.2 Å². The van der Waals surface area contributed by atoms with E-state index in [0.29, 0.717) is 6.07 Å². The molecular weight excluding hydrogens is 287 g/mol. The smallest absolute Gasteiger partial charge is 0.453 e. The van der Waals surface area contributed by atoms with Crippen LogP contribution in [0.3, 0.4) is 0 Å². The van der Waals surface area contributed by atoms with Gasteiger partial charge in [0.25, 0.3) is 5.82 Å². The summed E-state index contributed by atoms with van der Waals surface area (Å²) in [6, 6.07) is 0.552. The number of aromatic carboxylic acids is 2. The first-order chi connectivity index (χ1) is 9.12. The molecule has 8 nitrogen and oxygen atoms in total. The first kappa shape index (κ1) is 13.6. The maximum atomic E-state index is 12.5. The van der Waals surface area contributed by atoms with Crippen LogP contribution in [0.1, 0.15) is 26.7 Å². The van der Waals surface area contributed by atoms with E-state index in [1.807, 2.05) is 0 Å². The minimum Gasteiger partial charge on any atom is -0.478 e. The van der Waals surface area contributed by atoms with Crippen molar-refractivity contribution in [2.24, 2.45) is 0 Å². The number of pyridine rings is 1. The van der Waals surface area contributed by atoms with Crippen molar-refractivity contribution in [3.63, 3.8) is 0 Å². The van der Waals surface area contributed by atoms with Crippen LogP contribution in [-0.2, 0) is 6.18 Å². The summed E-state index contributed by atoms with van der Waals surface area (Å²) in [5.74, 6) is -5.20. The quantitative estimate of drug-likeness (QED) is 0.707. The number of alkyl halides is 3. The highest BCUT2D eigenvalue weighted by Gasteiger charge is 2.39. The number of imidazole rings is 1. The zero-order chi connectivity index (χ0) is 15.2. The van der Waals surface area contributed by atoms with Gasteiger partial charge in [-0.25, -0.2) is 19.6 Å². The molecule has 0 saturated heterocycles. The molecule has 0 aliphatic rings. The normalized spacial score (nSPS) is 11.8. The van der Waals surface area contributed by atoms with Crippen LogP contribution < -0.4 is 0 Å². The van der Waals surface area contributed by atoms with Crippen LogP contribution in [-0.4, -0.2) is 42.1 Å². The summed E-state index contributed by atoms with van der Waals surface area (Å²) < 4.78 is 37.1. The van der Waals surface area contributed by atoms with Gasteiger partial charge in [-0.05, 0) is 6.07 Å². The predicted octanol–water partition coefficient (Wildman–Crippen LogP) is 1.08. The van der Waals surface area contributed by atoms with Gasteiger partial charge in [-0.2, -0.15) is 17.9 Å². The predicted molar refractivity (Wildman–Crippen MR) is 53.6 cm³/mol. The van der Waals surface area contributed by atoms with Crippen molar-refractivity contribution in [3.8, 4) is 0 Å². The van der Waals surface area contributed by atoms with Crippen LogP contribution >= 0.6 is 0 Å². The summed E-state index contributed by atoms with van der Waals surface area (Å²) in [5.41, 5.74) is -3.24. The molecule has 0 atom stereocenters. The van der Waals surface area contributed by atoms with Gasteiger partial charge in [-0.3, -0.25) is 0 Å². The molecule has 0 aliphatic heterocycles. The molecule has 0 unspecified atom stereocenters. The molecule has 2 aromatic rings. The fraction of sp³-hybridized carbons (Fsp3) is 0.111. The second-order valence-electron chi connectivity index (χ2n) is 3.58. The third kappa shape index (κ3) is 1.98. The standard InChI is InChI=1S/C9H4F3N3O5/c10-9(11,12)8-14-5-3(15(8)20)1-2(6(16)17)4(13-5)7(18)19/h1,20H,(H,16,17)(H,18,19). The Morgan fingerprint density at radius 3 is 2.20 bits per heavy atom. The second-order valence-corrected chi connectivity index (χ2v) is 3.58. The van der Waals surface area contributed by atoms with Crippen LogP contribution in [0.2, 0.25) is 0 Å². The Morgan fingerprint density at radius 2 is 1.75 bits per heavy atom. The lowest BCUT2D eigenvalue weighted by Crippen LogP contribution is -2.13. The number of nitrogens with zero attached hydrogens (tertiary/aromatic N) is 3. The van der Waals surface area contributed by atoms with Crippen LogP contribution in [0.5, 0.6) is 0 Å². The number of hydrogen-bond donors (Lipinski definition) is 3. The number of rotatable bonds is 2. The Morgan fingerprint density at radius 1 is 1.15 bits per heavy atom. The molecule has 0 amide bonds. The van der Waals surface area contributed by atoms with E-state index < -0.39 is 46.4 Å². The van der Waals surface area contributed by atoms with Gasteiger partial charge in [0.2, 0.25) is 0 Å². The summed E-state index contributed by atoms with van der Waals surface area (Å²) in [6.45, 7) is 0.